The van der Waals surface area contributed by atoms with Crippen LogP contribution in [0.3, 0.4) is 0 Å². The number of carbonyl (C=O) groups is 1. The van der Waals surface area contributed by atoms with Gasteiger partial charge in [0.25, 0.3) is 5.91 Å². The molecular weight excluding hydrogens is 220 g/mol. The second-order valence-electron chi connectivity index (χ2n) is 3.81. The average molecular weight is 236 g/mol. The first-order chi connectivity index (χ1) is 7.60. The van der Waals surface area contributed by atoms with Crippen LogP contribution >= 0.6 is 11.3 Å². The molecule has 4 heteroatoms. The van der Waals surface area contributed by atoms with Crippen LogP contribution in [0.15, 0.2) is 11.4 Å². The van der Waals surface area contributed by atoms with Crippen LogP contribution in [-0.2, 0) is 0 Å². The quantitative estimate of drug-likeness (QED) is 0.806. The molecule has 0 aromatic carbocycles. The molecule has 0 saturated carbocycles. The highest BCUT2D eigenvalue weighted by Gasteiger charge is 2.19. The molecule has 0 fully saturated rings. The normalized spacial score (nSPS) is 11.9. The van der Waals surface area contributed by atoms with Crippen LogP contribution in [0.25, 0.3) is 0 Å². The third-order valence-electron chi connectivity index (χ3n) is 2.44. The van der Waals surface area contributed by atoms with E-state index < -0.39 is 0 Å². The number of amides is 1. The maximum absolute atomic E-state index is 12.1. The van der Waals surface area contributed by atoms with E-state index in [-0.39, 0.29) is 11.8 Å². The SMILES string of the molecule is CCN(C[C@@H](C)C#N)C(=O)c1sccc1C. The lowest BCUT2D eigenvalue weighted by Crippen LogP contribution is -2.34. The Hall–Kier alpha value is -1.34. The molecule has 0 N–H and O–H groups in total. The third-order valence-corrected chi connectivity index (χ3v) is 3.44. The maximum atomic E-state index is 12.1. The molecule has 1 aromatic rings. The maximum Gasteiger partial charge on any atom is 0.264 e. The van der Waals surface area contributed by atoms with Gasteiger partial charge in [0.15, 0.2) is 0 Å². The number of rotatable bonds is 4. The zero-order valence-electron chi connectivity index (χ0n) is 9.86. The average Bonchev–Trinajstić information content (AvgIpc) is 2.71. The van der Waals surface area contributed by atoms with E-state index >= 15 is 0 Å². The number of thiophene rings is 1. The van der Waals surface area contributed by atoms with Gasteiger partial charge in [-0.1, -0.05) is 0 Å². The van der Waals surface area contributed by atoms with Gasteiger partial charge in [0, 0.05) is 13.1 Å². The molecule has 0 bridgehead atoms. The lowest BCUT2D eigenvalue weighted by molar-refractivity contribution is 0.0757. The van der Waals surface area contributed by atoms with Crippen molar-refractivity contribution in [3.63, 3.8) is 0 Å². The van der Waals surface area contributed by atoms with Gasteiger partial charge in [-0.15, -0.1) is 11.3 Å². The standard InChI is InChI=1S/C12H16N2OS/c1-4-14(8-9(2)7-13)12(15)11-10(3)5-6-16-11/h5-6,9H,4,8H2,1-3H3/t9-/m0/s1. The Bertz CT molecular complexity index is 405. The summed E-state index contributed by atoms with van der Waals surface area (Å²) in [6.07, 6.45) is 0. The molecule has 0 unspecified atom stereocenters. The van der Waals surface area contributed by atoms with E-state index in [1.54, 1.807) is 4.90 Å². The minimum atomic E-state index is -0.121. The van der Waals surface area contributed by atoms with E-state index in [2.05, 4.69) is 6.07 Å². The van der Waals surface area contributed by atoms with Crippen molar-refractivity contribution in [2.75, 3.05) is 13.1 Å². The molecular formula is C12H16N2OS. The Balaban J connectivity index is 2.79. The van der Waals surface area contributed by atoms with Crippen molar-refractivity contribution in [2.45, 2.75) is 20.8 Å². The summed E-state index contributed by atoms with van der Waals surface area (Å²) in [6, 6.07) is 4.10. The van der Waals surface area contributed by atoms with Crippen molar-refractivity contribution in [1.82, 2.24) is 4.90 Å². The van der Waals surface area contributed by atoms with Crippen molar-refractivity contribution >= 4 is 17.2 Å². The Morgan fingerprint density at radius 1 is 1.69 bits per heavy atom. The van der Waals surface area contributed by atoms with Crippen molar-refractivity contribution in [2.24, 2.45) is 5.92 Å². The first kappa shape index (κ1) is 12.7. The van der Waals surface area contributed by atoms with E-state index in [4.69, 9.17) is 5.26 Å². The fourth-order valence-corrected chi connectivity index (χ4v) is 2.35. The van der Waals surface area contributed by atoms with Gasteiger partial charge >= 0.3 is 0 Å². The van der Waals surface area contributed by atoms with Crippen LogP contribution in [0.1, 0.15) is 29.1 Å². The smallest absolute Gasteiger partial charge is 0.264 e. The van der Waals surface area contributed by atoms with Gasteiger partial charge in [-0.05, 0) is 37.8 Å². The summed E-state index contributed by atoms with van der Waals surface area (Å²) in [5.74, 6) is -0.0822. The molecule has 0 spiro atoms. The summed E-state index contributed by atoms with van der Waals surface area (Å²) in [7, 11) is 0. The largest absolute Gasteiger partial charge is 0.337 e. The third kappa shape index (κ3) is 2.83. The number of nitriles is 1. The molecule has 0 aliphatic heterocycles. The van der Waals surface area contributed by atoms with Crippen LogP contribution in [0.4, 0.5) is 0 Å². The van der Waals surface area contributed by atoms with Crippen LogP contribution in [0.2, 0.25) is 0 Å². The van der Waals surface area contributed by atoms with Gasteiger partial charge in [0.1, 0.15) is 0 Å². The second-order valence-corrected chi connectivity index (χ2v) is 4.72. The minimum Gasteiger partial charge on any atom is -0.337 e. The first-order valence-electron chi connectivity index (χ1n) is 5.33. The van der Waals surface area contributed by atoms with Crippen molar-refractivity contribution < 1.29 is 4.79 Å². The van der Waals surface area contributed by atoms with Crippen LogP contribution in [0, 0.1) is 24.2 Å². The predicted molar refractivity (Wildman–Crippen MR) is 65.4 cm³/mol. The Labute approximate surface area is 100 Å². The summed E-state index contributed by atoms with van der Waals surface area (Å²) in [4.78, 5) is 14.6. The molecule has 1 amide bonds. The van der Waals surface area contributed by atoms with Gasteiger partial charge in [-0.25, -0.2) is 0 Å². The fraction of sp³-hybridized carbons (Fsp3) is 0.500. The number of hydrogen-bond donors (Lipinski definition) is 0. The lowest BCUT2D eigenvalue weighted by Gasteiger charge is -2.21. The first-order valence-corrected chi connectivity index (χ1v) is 6.21. The summed E-state index contributed by atoms with van der Waals surface area (Å²) in [5.41, 5.74) is 1.01. The summed E-state index contributed by atoms with van der Waals surface area (Å²) in [5, 5.41) is 10.7. The van der Waals surface area contributed by atoms with E-state index in [0.29, 0.717) is 13.1 Å². The Kier molecular flexibility index (Phi) is 4.51. The zero-order valence-corrected chi connectivity index (χ0v) is 10.7. The molecule has 0 aliphatic rings. The van der Waals surface area contributed by atoms with Crippen LogP contribution < -0.4 is 0 Å². The van der Waals surface area contributed by atoms with Gasteiger partial charge in [-0.2, -0.15) is 5.26 Å². The van der Waals surface area contributed by atoms with Crippen LogP contribution in [-0.4, -0.2) is 23.9 Å². The van der Waals surface area contributed by atoms with Gasteiger partial charge in [0.05, 0.1) is 16.9 Å². The van der Waals surface area contributed by atoms with E-state index in [1.807, 2.05) is 32.2 Å². The predicted octanol–water partition coefficient (Wildman–Crippen LogP) is 2.68. The second kappa shape index (κ2) is 5.66. The molecule has 16 heavy (non-hydrogen) atoms. The number of hydrogen-bond acceptors (Lipinski definition) is 3. The number of aryl methyl sites for hydroxylation is 1. The monoisotopic (exact) mass is 236 g/mol. The van der Waals surface area contributed by atoms with Crippen molar-refractivity contribution in [3.05, 3.63) is 21.9 Å². The highest BCUT2D eigenvalue weighted by atomic mass is 32.1. The lowest BCUT2D eigenvalue weighted by atomic mass is 10.2. The van der Waals surface area contributed by atoms with E-state index in [0.717, 1.165) is 10.4 Å². The number of nitrogens with zero attached hydrogens (tertiary/aromatic N) is 2. The zero-order chi connectivity index (χ0) is 12.1. The highest BCUT2D eigenvalue weighted by molar-refractivity contribution is 7.12. The molecule has 1 atom stereocenters. The molecule has 86 valence electrons. The molecule has 0 aliphatic carbocycles. The molecule has 1 rings (SSSR count). The fourth-order valence-electron chi connectivity index (χ4n) is 1.46. The minimum absolute atomic E-state index is 0.0390. The Morgan fingerprint density at radius 2 is 2.38 bits per heavy atom. The highest BCUT2D eigenvalue weighted by Crippen LogP contribution is 2.18. The summed E-state index contributed by atoms with van der Waals surface area (Å²) in [6.45, 7) is 6.85. The molecule has 1 aromatic heterocycles. The van der Waals surface area contributed by atoms with Crippen molar-refractivity contribution in [1.29, 1.82) is 5.26 Å². The molecule has 0 radical (unpaired) electrons. The van der Waals surface area contributed by atoms with Gasteiger partial charge in [-0.3, -0.25) is 4.79 Å². The van der Waals surface area contributed by atoms with Crippen molar-refractivity contribution in [3.8, 4) is 6.07 Å². The summed E-state index contributed by atoms with van der Waals surface area (Å²) < 4.78 is 0. The van der Waals surface area contributed by atoms with Crippen LogP contribution in [0.5, 0.6) is 0 Å². The molecule has 0 saturated heterocycles. The molecule has 1 heterocycles. The topological polar surface area (TPSA) is 44.1 Å². The van der Waals surface area contributed by atoms with Gasteiger partial charge in [0.2, 0.25) is 0 Å². The van der Waals surface area contributed by atoms with E-state index in [9.17, 15) is 4.79 Å². The van der Waals surface area contributed by atoms with E-state index in [1.165, 1.54) is 11.3 Å². The molecule has 3 nitrogen and oxygen atoms in total. The summed E-state index contributed by atoms with van der Waals surface area (Å²) >= 11 is 1.46. The van der Waals surface area contributed by atoms with Gasteiger partial charge < -0.3 is 4.90 Å². The number of carbonyl (C=O) groups excluding carboxylic acids is 1. The Morgan fingerprint density at radius 3 is 2.81 bits per heavy atom.